The maximum Gasteiger partial charge on any atom is 0.0398 e. The zero-order valence-corrected chi connectivity index (χ0v) is 8.95. The van der Waals surface area contributed by atoms with E-state index in [0.717, 1.165) is 12.8 Å². The van der Waals surface area contributed by atoms with Crippen molar-refractivity contribution in [1.82, 2.24) is 0 Å². The number of aryl methyl sites for hydroxylation is 1. The van der Waals surface area contributed by atoms with E-state index in [0.29, 0.717) is 0 Å². The average molecular weight is 193 g/mol. The van der Waals surface area contributed by atoms with Crippen molar-refractivity contribution in [2.24, 2.45) is 5.73 Å². The monoisotopic (exact) mass is 193 g/mol. The van der Waals surface area contributed by atoms with Crippen LogP contribution in [0.3, 0.4) is 0 Å². The Balaban J connectivity index is 2.47. The molecule has 0 spiro atoms. The molecule has 1 atom stereocenters. The standard InChI is InChI=1S/C11H15NS/c1-3-4-5-6-10(12)11-7-9(2)8-13-11/h7-8,10H,5-6,12H2,1-2H3. The highest BCUT2D eigenvalue weighted by atomic mass is 32.1. The lowest BCUT2D eigenvalue weighted by Crippen LogP contribution is -2.07. The van der Waals surface area contributed by atoms with Gasteiger partial charge in [-0.15, -0.1) is 23.2 Å². The highest BCUT2D eigenvalue weighted by Gasteiger charge is 2.06. The number of hydrogen-bond donors (Lipinski definition) is 1. The number of hydrogen-bond acceptors (Lipinski definition) is 2. The van der Waals surface area contributed by atoms with Gasteiger partial charge in [-0.2, -0.15) is 0 Å². The van der Waals surface area contributed by atoms with Crippen LogP contribution in [0.1, 0.15) is 36.2 Å². The molecular weight excluding hydrogens is 178 g/mol. The summed E-state index contributed by atoms with van der Waals surface area (Å²) in [5.41, 5.74) is 7.29. The Morgan fingerprint density at radius 2 is 2.38 bits per heavy atom. The molecule has 0 aromatic carbocycles. The Hall–Kier alpha value is -0.780. The summed E-state index contributed by atoms with van der Waals surface area (Å²) in [6.07, 6.45) is 1.86. The van der Waals surface area contributed by atoms with Crippen LogP contribution in [0, 0.1) is 18.8 Å². The van der Waals surface area contributed by atoms with Crippen LogP contribution in [0.25, 0.3) is 0 Å². The molecule has 0 aliphatic rings. The number of thiophene rings is 1. The van der Waals surface area contributed by atoms with Gasteiger partial charge in [0.2, 0.25) is 0 Å². The lowest BCUT2D eigenvalue weighted by atomic mass is 10.1. The Labute approximate surface area is 84.0 Å². The molecule has 13 heavy (non-hydrogen) atoms. The third kappa shape index (κ3) is 3.22. The molecule has 0 radical (unpaired) electrons. The highest BCUT2D eigenvalue weighted by molar-refractivity contribution is 7.10. The highest BCUT2D eigenvalue weighted by Crippen LogP contribution is 2.22. The van der Waals surface area contributed by atoms with Crippen LogP contribution >= 0.6 is 11.3 Å². The van der Waals surface area contributed by atoms with E-state index in [2.05, 4.69) is 30.2 Å². The van der Waals surface area contributed by atoms with Gasteiger partial charge >= 0.3 is 0 Å². The topological polar surface area (TPSA) is 26.0 Å². The predicted octanol–water partition coefficient (Wildman–Crippen LogP) is 2.86. The molecule has 1 unspecified atom stereocenters. The third-order valence-electron chi connectivity index (χ3n) is 1.87. The summed E-state index contributed by atoms with van der Waals surface area (Å²) < 4.78 is 0. The molecule has 1 aromatic heterocycles. The second-order valence-electron chi connectivity index (χ2n) is 3.10. The summed E-state index contributed by atoms with van der Waals surface area (Å²) in [6.45, 7) is 3.96. The molecule has 70 valence electrons. The van der Waals surface area contributed by atoms with E-state index >= 15 is 0 Å². The van der Waals surface area contributed by atoms with Gasteiger partial charge in [0.1, 0.15) is 0 Å². The van der Waals surface area contributed by atoms with Crippen molar-refractivity contribution in [3.05, 3.63) is 21.9 Å². The van der Waals surface area contributed by atoms with Crippen molar-refractivity contribution in [1.29, 1.82) is 0 Å². The molecule has 0 amide bonds. The Morgan fingerprint density at radius 1 is 1.62 bits per heavy atom. The summed E-state index contributed by atoms with van der Waals surface area (Å²) in [5, 5.41) is 2.14. The molecule has 0 aliphatic carbocycles. The van der Waals surface area contributed by atoms with E-state index in [1.54, 1.807) is 11.3 Å². The molecule has 1 rings (SSSR count). The zero-order chi connectivity index (χ0) is 9.68. The quantitative estimate of drug-likeness (QED) is 0.734. The van der Waals surface area contributed by atoms with Gasteiger partial charge in [0, 0.05) is 17.3 Å². The van der Waals surface area contributed by atoms with E-state index in [-0.39, 0.29) is 6.04 Å². The number of rotatable bonds is 3. The summed E-state index contributed by atoms with van der Waals surface area (Å²) >= 11 is 1.74. The minimum Gasteiger partial charge on any atom is -0.323 e. The van der Waals surface area contributed by atoms with Gasteiger partial charge in [0.15, 0.2) is 0 Å². The van der Waals surface area contributed by atoms with E-state index in [9.17, 15) is 0 Å². The molecule has 1 heterocycles. The van der Waals surface area contributed by atoms with E-state index in [1.807, 2.05) is 6.92 Å². The molecule has 0 aliphatic heterocycles. The molecule has 1 aromatic rings. The SMILES string of the molecule is CC#CCCC(N)c1cc(C)cs1. The first-order valence-electron chi connectivity index (χ1n) is 4.44. The zero-order valence-electron chi connectivity index (χ0n) is 8.13. The second kappa shape index (κ2) is 5.06. The Morgan fingerprint density at radius 3 is 2.92 bits per heavy atom. The first kappa shape index (κ1) is 10.3. The Bertz CT molecular complexity index is 316. The van der Waals surface area contributed by atoms with Crippen molar-refractivity contribution in [3.63, 3.8) is 0 Å². The minimum atomic E-state index is 0.166. The lowest BCUT2D eigenvalue weighted by Gasteiger charge is -2.05. The number of nitrogens with two attached hydrogens (primary N) is 1. The third-order valence-corrected chi connectivity index (χ3v) is 3.06. The van der Waals surface area contributed by atoms with Gasteiger partial charge in [0.25, 0.3) is 0 Å². The van der Waals surface area contributed by atoms with Gasteiger partial charge in [0.05, 0.1) is 0 Å². The molecular formula is C11H15NS. The second-order valence-corrected chi connectivity index (χ2v) is 4.04. The molecule has 2 heteroatoms. The summed E-state index contributed by atoms with van der Waals surface area (Å²) in [4.78, 5) is 1.27. The van der Waals surface area contributed by atoms with Crippen molar-refractivity contribution in [2.45, 2.75) is 32.7 Å². The molecule has 0 saturated heterocycles. The van der Waals surface area contributed by atoms with E-state index in [4.69, 9.17) is 5.73 Å². The maximum atomic E-state index is 5.99. The molecule has 0 bridgehead atoms. The molecule has 2 N–H and O–H groups in total. The fraction of sp³-hybridized carbons (Fsp3) is 0.455. The van der Waals surface area contributed by atoms with Gasteiger partial charge in [-0.05, 0) is 37.3 Å². The first-order chi connectivity index (χ1) is 6.24. The maximum absolute atomic E-state index is 5.99. The smallest absolute Gasteiger partial charge is 0.0398 e. The fourth-order valence-corrected chi connectivity index (χ4v) is 2.08. The van der Waals surface area contributed by atoms with E-state index < -0.39 is 0 Å². The average Bonchev–Trinajstić information content (AvgIpc) is 2.52. The first-order valence-corrected chi connectivity index (χ1v) is 5.32. The van der Waals surface area contributed by atoms with Crippen LogP contribution < -0.4 is 5.73 Å². The van der Waals surface area contributed by atoms with E-state index in [1.165, 1.54) is 10.4 Å². The fourth-order valence-electron chi connectivity index (χ4n) is 1.14. The predicted molar refractivity (Wildman–Crippen MR) is 58.7 cm³/mol. The summed E-state index contributed by atoms with van der Waals surface area (Å²) in [7, 11) is 0. The minimum absolute atomic E-state index is 0.166. The van der Waals surface area contributed by atoms with Gasteiger partial charge in [-0.1, -0.05) is 0 Å². The molecule has 0 saturated carbocycles. The van der Waals surface area contributed by atoms with Gasteiger partial charge in [-0.3, -0.25) is 0 Å². The van der Waals surface area contributed by atoms with Crippen LogP contribution in [0.4, 0.5) is 0 Å². The van der Waals surface area contributed by atoms with Crippen LogP contribution in [-0.4, -0.2) is 0 Å². The van der Waals surface area contributed by atoms with Gasteiger partial charge in [-0.25, -0.2) is 0 Å². The van der Waals surface area contributed by atoms with Crippen LogP contribution in [0.15, 0.2) is 11.4 Å². The van der Waals surface area contributed by atoms with Crippen molar-refractivity contribution in [3.8, 4) is 11.8 Å². The normalized spacial score (nSPS) is 11.9. The van der Waals surface area contributed by atoms with Crippen LogP contribution in [-0.2, 0) is 0 Å². The summed E-state index contributed by atoms with van der Waals surface area (Å²) in [5.74, 6) is 5.91. The van der Waals surface area contributed by atoms with Crippen LogP contribution in [0.2, 0.25) is 0 Å². The lowest BCUT2D eigenvalue weighted by molar-refractivity contribution is 0.679. The molecule has 0 fully saturated rings. The van der Waals surface area contributed by atoms with Crippen molar-refractivity contribution < 1.29 is 0 Å². The Kier molecular flexibility index (Phi) is 4.01. The van der Waals surface area contributed by atoms with Crippen molar-refractivity contribution >= 4 is 11.3 Å². The summed E-state index contributed by atoms with van der Waals surface area (Å²) in [6, 6.07) is 2.33. The molecule has 1 nitrogen and oxygen atoms in total. The van der Waals surface area contributed by atoms with Gasteiger partial charge < -0.3 is 5.73 Å². The van der Waals surface area contributed by atoms with Crippen LogP contribution in [0.5, 0.6) is 0 Å². The van der Waals surface area contributed by atoms with Crippen molar-refractivity contribution in [2.75, 3.05) is 0 Å². The largest absolute Gasteiger partial charge is 0.323 e.